The fourth-order valence-corrected chi connectivity index (χ4v) is 1.32. The van der Waals surface area contributed by atoms with Gasteiger partial charge in [0, 0.05) is 3.57 Å². The highest BCUT2D eigenvalue weighted by Gasteiger charge is 2.06. The molecule has 1 rings (SSSR count). The molecule has 0 aliphatic rings. The Hall–Kier alpha value is -0.850. The van der Waals surface area contributed by atoms with Crippen LogP contribution in [0.1, 0.15) is 6.92 Å². The van der Waals surface area contributed by atoms with Crippen molar-refractivity contribution >= 4 is 34.4 Å². The van der Waals surface area contributed by atoms with Crippen LogP contribution in [0.3, 0.4) is 0 Å². The van der Waals surface area contributed by atoms with E-state index in [0.29, 0.717) is 0 Å². The molecule has 0 aliphatic carbocycles. The zero-order chi connectivity index (χ0) is 10.6. The second kappa shape index (κ2) is 5.14. The first-order valence-electron chi connectivity index (χ1n) is 4.02. The van der Waals surface area contributed by atoms with Gasteiger partial charge in [-0.1, -0.05) is 0 Å². The Bertz CT molecular complexity index is 344. The first kappa shape index (κ1) is 11.2. The number of carbonyl (C=O) groups is 1. The molecule has 1 amide bonds. The molecule has 0 fully saturated rings. The highest BCUT2D eigenvalue weighted by atomic mass is 127. The number of hydrogen-bond donors (Lipinski definition) is 1. The first-order chi connectivity index (χ1) is 6.63. The zero-order valence-electron chi connectivity index (χ0n) is 7.51. The number of hydrogen-bond acceptors (Lipinski definition) is 2. The predicted molar refractivity (Wildman–Crippen MR) is 59.8 cm³/mol. The maximum Gasteiger partial charge on any atom is 0.411 e. The average molecular weight is 309 g/mol. The van der Waals surface area contributed by atoms with Gasteiger partial charge in [-0.25, -0.2) is 9.18 Å². The van der Waals surface area contributed by atoms with Crippen molar-refractivity contribution in [3.05, 3.63) is 27.6 Å². The van der Waals surface area contributed by atoms with Gasteiger partial charge in [0.1, 0.15) is 5.82 Å². The SMILES string of the molecule is CCOC(=O)Nc1ccc(I)cc1F. The van der Waals surface area contributed by atoms with Crippen LogP contribution in [0.25, 0.3) is 0 Å². The number of carbonyl (C=O) groups excluding carboxylic acids is 1. The number of anilines is 1. The minimum atomic E-state index is -0.646. The van der Waals surface area contributed by atoms with Gasteiger partial charge in [0.2, 0.25) is 0 Å². The summed E-state index contributed by atoms with van der Waals surface area (Å²) < 4.78 is 18.6. The third kappa shape index (κ3) is 3.13. The standard InChI is InChI=1S/C9H9FINO2/c1-2-14-9(13)12-8-4-3-6(11)5-7(8)10/h3-5H,2H2,1H3,(H,12,13). The van der Waals surface area contributed by atoms with Crippen molar-refractivity contribution in [1.82, 2.24) is 0 Å². The van der Waals surface area contributed by atoms with Crippen molar-refractivity contribution in [3.8, 4) is 0 Å². The molecular formula is C9H9FINO2. The molecule has 0 radical (unpaired) electrons. The quantitative estimate of drug-likeness (QED) is 0.853. The number of ether oxygens (including phenoxy) is 1. The maximum absolute atomic E-state index is 13.2. The Labute approximate surface area is 94.8 Å². The van der Waals surface area contributed by atoms with E-state index in [1.54, 1.807) is 13.0 Å². The van der Waals surface area contributed by atoms with Crippen molar-refractivity contribution in [2.75, 3.05) is 11.9 Å². The molecule has 0 saturated heterocycles. The highest BCUT2D eigenvalue weighted by molar-refractivity contribution is 14.1. The Balaban J connectivity index is 2.72. The van der Waals surface area contributed by atoms with Crippen LogP contribution in [0.15, 0.2) is 18.2 Å². The predicted octanol–water partition coefficient (Wildman–Crippen LogP) is 3.00. The van der Waals surface area contributed by atoms with Gasteiger partial charge >= 0.3 is 6.09 Å². The molecule has 14 heavy (non-hydrogen) atoms. The van der Waals surface area contributed by atoms with Gasteiger partial charge in [0.25, 0.3) is 0 Å². The van der Waals surface area contributed by atoms with E-state index in [1.807, 2.05) is 22.6 Å². The van der Waals surface area contributed by atoms with Crippen LogP contribution in [-0.2, 0) is 4.74 Å². The van der Waals surface area contributed by atoms with Crippen LogP contribution in [0.4, 0.5) is 14.9 Å². The van der Waals surface area contributed by atoms with E-state index in [2.05, 4.69) is 10.1 Å². The van der Waals surface area contributed by atoms with E-state index < -0.39 is 11.9 Å². The molecule has 0 bridgehead atoms. The number of rotatable bonds is 2. The summed E-state index contributed by atoms with van der Waals surface area (Å²) in [5, 5.41) is 2.30. The summed E-state index contributed by atoms with van der Waals surface area (Å²) in [4.78, 5) is 10.9. The van der Waals surface area contributed by atoms with Crippen LogP contribution >= 0.6 is 22.6 Å². The number of benzene rings is 1. The first-order valence-corrected chi connectivity index (χ1v) is 5.10. The van der Waals surface area contributed by atoms with E-state index in [9.17, 15) is 9.18 Å². The molecule has 1 N–H and O–H groups in total. The summed E-state index contributed by atoms with van der Waals surface area (Å²) >= 11 is 1.99. The summed E-state index contributed by atoms with van der Waals surface area (Å²) in [7, 11) is 0. The number of nitrogens with one attached hydrogen (secondary N) is 1. The molecule has 0 atom stereocenters. The van der Waals surface area contributed by atoms with E-state index in [-0.39, 0.29) is 12.3 Å². The molecule has 76 valence electrons. The minimum absolute atomic E-state index is 0.129. The van der Waals surface area contributed by atoms with Crippen LogP contribution < -0.4 is 5.32 Å². The third-order valence-electron chi connectivity index (χ3n) is 1.44. The molecule has 5 heteroatoms. The lowest BCUT2D eigenvalue weighted by atomic mass is 10.3. The summed E-state index contributed by atoms with van der Waals surface area (Å²) in [6, 6.07) is 4.53. The lowest BCUT2D eigenvalue weighted by Crippen LogP contribution is -2.14. The molecular weight excluding hydrogens is 300 g/mol. The van der Waals surface area contributed by atoms with Crippen LogP contribution in [0.5, 0.6) is 0 Å². The summed E-state index contributed by atoms with van der Waals surface area (Å²) in [5.74, 6) is -0.468. The van der Waals surface area contributed by atoms with Gasteiger partial charge in [-0.15, -0.1) is 0 Å². The summed E-state index contributed by atoms with van der Waals surface area (Å²) in [6.45, 7) is 1.95. The Kier molecular flexibility index (Phi) is 4.12. The van der Waals surface area contributed by atoms with E-state index in [1.165, 1.54) is 12.1 Å². The molecule has 3 nitrogen and oxygen atoms in total. The van der Waals surface area contributed by atoms with E-state index in [0.717, 1.165) is 3.57 Å². The van der Waals surface area contributed by atoms with Gasteiger partial charge in [-0.05, 0) is 47.7 Å². The van der Waals surface area contributed by atoms with Crippen molar-refractivity contribution in [2.45, 2.75) is 6.92 Å². The minimum Gasteiger partial charge on any atom is -0.450 e. The fourth-order valence-electron chi connectivity index (χ4n) is 0.868. The molecule has 1 aromatic carbocycles. The van der Waals surface area contributed by atoms with Gasteiger partial charge in [0.15, 0.2) is 0 Å². The lowest BCUT2D eigenvalue weighted by Gasteiger charge is -2.05. The van der Waals surface area contributed by atoms with Crippen LogP contribution in [0.2, 0.25) is 0 Å². The number of halogens is 2. The molecule has 0 aromatic heterocycles. The molecule has 0 spiro atoms. The number of amides is 1. The van der Waals surface area contributed by atoms with Crippen molar-refractivity contribution in [1.29, 1.82) is 0 Å². The van der Waals surface area contributed by atoms with Gasteiger partial charge in [-0.3, -0.25) is 5.32 Å². The molecule has 0 aliphatic heterocycles. The Morgan fingerprint density at radius 1 is 1.64 bits per heavy atom. The lowest BCUT2D eigenvalue weighted by molar-refractivity contribution is 0.168. The topological polar surface area (TPSA) is 38.3 Å². The highest BCUT2D eigenvalue weighted by Crippen LogP contribution is 2.16. The van der Waals surface area contributed by atoms with Gasteiger partial charge in [0.05, 0.1) is 12.3 Å². The van der Waals surface area contributed by atoms with Crippen molar-refractivity contribution in [3.63, 3.8) is 0 Å². The summed E-state index contributed by atoms with van der Waals surface area (Å²) in [6.07, 6.45) is -0.646. The smallest absolute Gasteiger partial charge is 0.411 e. The maximum atomic E-state index is 13.2. The second-order valence-corrected chi connectivity index (χ2v) is 3.72. The Morgan fingerprint density at radius 2 is 2.36 bits per heavy atom. The van der Waals surface area contributed by atoms with Crippen molar-refractivity contribution < 1.29 is 13.9 Å². The van der Waals surface area contributed by atoms with Crippen molar-refractivity contribution in [2.24, 2.45) is 0 Å². The van der Waals surface area contributed by atoms with Gasteiger partial charge in [-0.2, -0.15) is 0 Å². The molecule has 0 saturated carbocycles. The fraction of sp³-hybridized carbons (Fsp3) is 0.222. The summed E-state index contributed by atoms with van der Waals surface area (Å²) in [5.41, 5.74) is 0.129. The largest absolute Gasteiger partial charge is 0.450 e. The van der Waals surface area contributed by atoms with E-state index in [4.69, 9.17) is 0 Å². The third-order valence-corrected chi connectivity index (χ3v) is 2.11. The molecule has 0 unspecified atom stereocenters. The van der Waals surface area contributed by atoms with Crippen LogP contribution in [-0.4, -0.2) is 12.7 Å². The average Bonchev–Trinajstić information content (AvgIpc) is 2.10. The molecule has 1 aromatic rings. The van der Waals surface area contributed by atoms with E-state index >= 15 is 0 Å². The Morgan fingerprint density at radius 3 is 2.93 bits per heavy atom. The zero-order valence-corrected chi connectivity index (χ0v) is 9.67. The van der Waals surface area contributed by atoms with Gasteiger partial charge < -0.3 is 4.74 Å². The second-order valence-electron chi connectivity index (χ2n) is 2.47. The van der Waals surface area contributed by atoms with Crippen LogP contribution in [0, 0.1) is 9.39 Å². The molecule has 0 heterocycles. The monoisotopic (exact) mass is 309 g/mol. The normalized spacial score (nSPS) is 9.64.